The van der Waals surface area contributed by atoms with Crippen LogP contribution in [-0.2, 0) is 42.1 Å². The van der Waals surface area contributed by atoms with Crippen LogP contribution in [0.2, 0.25) is 0 Å². The molecule has 0 radical (unpaired) electrons. The van der Waals surface area contributed by atoms with Gasteiger partial charge in [-0.15, -0.1) is 39.7 Å². The van der Waals surface area contributed by atoms with E-state index in [9.17, 15) is 26.3 Å². The molecule has 52 heavy (non-hydrogen) atoms. The molecule has 0 heterocycles. The largest absolute Gasteiger partial charge is 0.214 e. The maximum absolute atomic E-state index is 12.8. The third-order valence-corrected chi connectivity index (χ3v) is 13.3. The molecule has 0 N–H and O–H groups in total. The van der Waals surface area contributed by atoms with Gasteiger partial charge >= 0.3 is 149 Å². The summed E-state index contributed by atoms with van der Waals surface area (Å²) in [5.41, 5.74) is 4.41. The standard InChI is InChI=1S/C23H29.C15H8F6.C5H5.2ClH.Zr/c1-14-9-16-11-17-10-15(2)21(23(6,7)8)13-19(17)18(16)12-20(14)22(3,4)5;16-14(17,18)12-5-1-3-10(8-12)7-11-4-2-6-13(9-11)15(19,20)21;1-2-4-5-3-1;;;/h9-13H,1-8H3;1-6,8-9H;1-5H;2*1H;/q-1;;-1;;;+2/p-2. The van der Waals surface area contributed by atoms with Gasteiger partial charge in [-0.25, -0.2) is 12.1 Å². The molecule has 0 fully saturated rings. The monoisotopic (exact) mass is 832 g/mol. The van der Waals surface area contributed by atoms with Crippen molar-refractivity contribution in [2.45, 2.75) is 78.6 Å². The van der Waals surface area contributed by atoms with Crippen molar-refractivity contribution in [3.8, 4) is 0 Å². The predicted molar refractivity (Wildman–Crippen MR) is 204 cm³/mol. The summed E-state index contributed by atoms with van der Waals surface area (Å²) < 4.78 is 77.2. The summed E-state index contributed by atoms with van der Waals surface area (Å²) in [5, 5.41) is 5.55. The number of benzene rings is 4. The summed E-state index contributed by atoms with van der Waals surface area (Å²) in [6.07, 6.45) is -9.14. The minimum Gasteiger partial charge on any atom is -0.214 e. The Morgan fingerprint density at radius 3 is 1.23 bits per heavy atom. The smallest absolute Gasteiger partial charge is 0.172 e. The molecule has 0 saturated heterocycles. The van der Waals surface area contributed by atoms with Crippen molar-refractivity contribution in [1.82, 2.24) is 0 Å². The summed E-state index contributed by atoms with van der Waals surface area (Å²) in [4.78, 5) is 0. The molecule has 0 atom stereocenters. The minimum atomic E-state index is -4.57. The van der Waals surface area contributed by atoms with Crippen molar-refractivity contribution in [3.05, 3.63) is 154 Å². The number of fused-ring (bicyclic) bond motifs is 3. The zero-order valence-electron chi connectivity index (χ0n) is 30.4. The zero-order chi connectivity index (χ0) is 38.8. The molecule has 6 rings (SSSR count). The number of halogens is 8. The minimum absolute atomic E-state index is 0.0866. The second-order valence-electron chi connectivity index (χ2n) is 14.9. The van der Waals surface area contributed by atoms with Gasteiger partial charge in [0, 0.05) is 0 Å². The molecule has 0 aliphatic carbocycles. The van der Waals surface area contributed by atoms with Gasteiger partial charge < -0.3 is 0 Å². The Labute approximate surface area is 317 Å². The average molecular weight is 835 g/mol. The molecule has 9 heteroatoms. The summed E-state index contributed by atoms with van der Waals surface area (Å²) in [6, 6.07) is 30.4. The van der Waals surface area contributed by atoms with E-state index in [0.717, 1.165) is 24.3 Å². The predicted octanol–water partition coefficient (Wildman–Crippen LogP) is 14.5. The second-order valence-corrected chi connectivity index (χ2v) is 23.0. The van der Waals surface area contributed by atoms with E-state index < -0.39 is 42.4 Å². The Morgan fingerprint density at radius 1 is 0.558 bits per heavy atom. The number of aryl methyl sites for hydroxylation is 2. The fraction of sp³-hybridized carbons (Fsp3) is 0.279. The summed E-state index contributed by atoms with van der Waals surface area (Å²) in [6.45, 7) is 18.3. The van der Waals surface area contributed by atoms with Gasteiger partial charge in [0.25, 0.3) is 0 Å². The van der Waals surface area contributed by atoms with Gasteiger partial charge in [-0.2, -0.15) is 18.2 Å². The Morgan fingerprint density at radius 2 is 0.942 bits per heavy atom. The second kappa shape index (κ2) is 16.2. The van der Waals surface area contributed by atoms with Crippen LogP contribution in [0.5, 0.6) is 0 Å². The van der Waals surface area contributed by atoms with Gasteiger partial charge in [0.05, 0.1) is 0 Å². The Kier molecular flexibility index (Phi) is 13.0. The first-order valence-electron chi connectivity index (χ1n) is 16.7. The van der Waals surface area contributed by atoms with Crippen LogP contribution in [0.1, 0.15) is 86.1 Å². The first-order chi connectivity index (χ1) is 24.0. The molecule has 6 aromatic rings. The molecule has 0 nitrogen and oxygen atoms in total. The van der Waals surface area contributed by atoms with E-state index in [4.69, 9.17) is 17.0 Å². The van der Waals surface area contributed by atoms with E-state index in [2.05, 4.69) is 85.7 Å². The number of alkyl halides is 6. The van der Waals surface area contributed by atoms with Crippen LogP contribution in [0.4, 0.5) is 26.3 Å². The van der Waals surface area contributed by atoms with E-state index in [-0.39, 0.29) is 25.2 Å². The fourth-order valence-electron chi connectivity index (χ4n) is 6.36. The fourth-order valence-corrected chi connectivity index (χ4v) is 10.8. The molecule has 0 amide bonds. The Balaban J connectivity index is 0.000000205. The molecule has 0 aromatic heterocycles. The van der Waals surface area contributed by atoms with Crippen molar-refractivity contribution in [2.24, 2.45) is 0 Å². The van der Waals surface area contributed by atoms with Gasteiger partial charge in [0.15, 0.2) is 0 Å². The van der Waals surface area contributed by atoms with E-state index in [1.165, 1.54) is 68.1 Å². The number of hydrogen-bond donors (Lipinski definition) is 0. The van der Waals surface area contributed by atoms with E-state index in [1.807, 2.05) is 30.3 Å². The normalized spacial score (nSPS) is 12.2. The molecule has 0 saturated carbocycles. The van der Waals surface area contributed by atoms with Gasteiger partial charge in [-0.05, 0) is 24.7 Å². The van der Waals surface area contributed by atoms with Crippen molar-refractivity contribution < 1.29 is 45.2 Å². The van der Waals surface area contributed by atoms with Crippen LogP contribution in [0, 0.1) is 13.8 Å². The summed E-state index contributed by atoms with van der Waals surface area (Å²) >= 11 is -3.37. The third kappa shape index (κ3) is 10.4. The first-order valence-corrected chi connectivity index (χ1v) is 24.3. The van der Waals surface area contributed by atoms with Crippen molar-refractivity contribution in [1.29, 1.82) is 0 Å². The number of rotatable bonds is 2. The van der Waals surface area contributed by atoms with Crippen molar-refractivity contribution >= 4 is 41.8 Å². The molecule has 0 bridgehead atoms. The molecule has 0 aliphatic heterocycles. The van der Waals surface area contributed by atoms with E-state index >= 15 is 0 Å². The average Bonchev–Trinajstić information content (AvgIpc) is 3.71. The Bertz CT molecular complexity index is 2020. The van der Waals surface area contributed by atoms with Crippen LogP contribution in [0.25, 0.3) is 21.5 Å². The number of hydrogen-bond acceptors (Lipinski definition) is 0. The van der Waals surface area contributed by atoms with Crippen LogP contribution < -0.4 is 0 Å². The van der Waals surface area contributed by atoms with Crippen LogP contribution >= 0.6 is 17.0 Å². The van der Waals surface area contributed by atoms with E-state index in [1.54, 1.807) is 0 Å². The Hall–Kier alpha value is -2.99. The third-order valence-electron chi connectivity index (χ3n) is 8.71. The molecule has 0 unspecified atom stereocenters. The van der Waals surface area contributed by atoms with E-state index in [0.29, 0.717) is 0 Å². The van der Waals surface area contributed by atoms with Gasteiger partial charge in [-0.1, -0.05) is 75.9 Å². The van der Waals surface area contributed by atoms with Crippen LogP contribution in [0.3, 0.4) is 0 Å². The molecule has 276 valence electrons. The van der Waals surface area contributed by atoms with Crippen LogP contribution in [0.15, 0.2) is 109 Å². The summed E-state index contributed by atoms with van der Waals surface area (Å²) in [5.74, 6) is 0. The molecule has 0 aliphatic rings. The maximum atomic E-state index is 12.8. The van der Waals surface area contributed by atoms with Crippen LogP contribution in [-0.4, -0.2) is 3.21 Å². The molecular formula is C43H42Cl2F6Zr-2. The molecule has 6 aromatic carbocycles. The molecular weight excluding hydrogens is 793 g/mol. The van der Waals surface area contributed by atoms with Gasteiger partial charge in [0.2, 0.25) is 0 Å². The van der Waals surface area contributed by atoms with Crippen molar-refractivity contribution in [2.75, 3.05) is 0 Å². The SMILES string of the molecule is Cc1cc2[cH-]c3cc(C)c(C(C)(C)C)cc3c2cc1C(C)(C)C.FC(F)(F)c1cccc([C](c2cccc(C(F)(F)F)c2)=[Zr]([Cl])[Cl])c1.c1cc[cH-]c1. The van der Waals surface area contributed by atoms with Gasteiger partial charge in [0.1, 0.15) is 0 Å². The quantitative estimate of drug-likeness (QED) is 0.120. The zero-order valence-corrected chi connectivity index (χ0v) is 34.4. The maximum Gasteiger partial charge on any atom is -0.172 e. The first kappa shape index (κ1) is 41.8. The van der Waals surface area contributed by atoms with Gasteiger partial charge in [-0.3, -0.25) is 0 Å². The summed E-state index contributed by atoms with van der Waals surface area (Å²) in [7, 11) is 12.0. The topological polar surface area (TPSA) is 0 Å². The molecule has 0 spiro atoms. The van der Waals surface area contributed by atoms with Crippen molar-refractivity contribution in [3.63, 3.8) is 0 Å².